The SMILES string of the molecule is CS(=O)CCN1C(=O)NC(=O)C2(CC2)C1=O. The summed E-state index contributed by atoms with van der Waals surface area (Å²) in [5.41, 5.74) is -0.997. The zero-order chi connectivity index (χ0) is 11.9. The minimum atomic E-state index is -1.07. The summed E-state index contributed by atoms with van der Waals surface area (Å²) in [5, 5.41) is 2.16. The van der Waals surface area contributed by atoms with E-state index in [1.807, 2.05) is 0 Å². The van der Waals surface area contributed by atoms with Crippen molar-refractivity contribution >= 4 is 28.6 Å². The van der Waals surface area contributed by atoms with Crippen molar-refractivity contribution in [1.29, 1.82) is 0 Å². The van der Waals surface area contributed by atoms with Gasteiger partial charge in [-0.1, -0.05) is 0 Å². The zero-order valence-corrected chi connectivity index (χ0v) is 9.63. The zero-order valence-electron chi connectivity index (χ0n) is 8.82. The van der Waals surface area contributed by atoms with Gasteiger partial charge in [-0.3, -0.25) is 24.0 Å². The van der Waals surface area contributed by atoms with Crippen LogP contribution in [0.3, 0.4) is 0 Å². The smallest absolute Gasteiger partial charge is 0.277 e. The van der Waals surface area contributed by atoms with Crippen LogP contribution in [0.25, 0.3) is 0 Å². The molecule has 2 rings (SSSR count). The molecule has 4 amide bonds. The average Bonchev–Trinajstić information content (AvgIpc) is 2.95. The molecule has 1 saturated heterocycles. The number of hydrogen-bond acceptors (Lipinski definition) is 4. The Bertz CT molecular complexity index is 402. The Morgan fingerprint density at radius 3 is 2.50 bits per heavy atom. The van der Waals surface area contributed by atoms with E-state index in [2.05, 4.69) is 5.32 Å². The van der Waals surface area contributed by atoms with E-state index in [1.54, 1.807) is 0 Å². The quantitative estimate of drug-likeness (QED) is 0.660. The molecule has 88 valence electrons. The molecule has 7 heteroatoms. The summed E-state index contributed by atoms with van der Waals surface area (Å²) in [7, 11) is -1.07. The van der Waals surface area contributed by atoms with Crippen molar-refractivity contribution in [2.75, 3.05) is 18.6 Å². The molecule has 1 unspecified atom stereocenters. The fraction of sp³-hybridized carbons (Fsp3) is 0.667. The number of imide groups is 2. The van der Waals surface area contributed by atoms with E-state index in [1.165, 1.54) is 6.26 Å². The van der Waals surface area contributed by atoms with E-state index in [-0.39, 0.29) is 12.3 Å². The predicted octanol–water partition coefficient (Wildman–Crippen LogP) is -0.777. The molecular weight excluding hydrogens is 232 g/mol. The summed E-state index contributed by atoms with van der Waals surface area (Å²) in [4.78, 5) is 35.7. The lowest BCUT2D eigenvalue weighted by Gasteiger charge is -2.29. The molecule has 1 heterocycles. The van der Waals surface area contributed by atoms with Gasteiger partial charge in [0, 0.05) is 29.4 Å². The van der Waals surface area contributed by atoms with Gasteiger partial charge in [0.1, 0.15) is 5.41 Å². The molecule has 1 saturated carbocycles. The number of amides is 4. The van der Waals surface area contributed by atoms with E-state index < -0.39 is 34.1 Å². The highest BCUT2D eigenvalue weighted by Gasteiger charge is 2.62. The third-order valence-electron chi connectivity index (χ3n) is 2.91. The summed E-state index contributed by atoms with van der Waals surface area (Å²) in [5.74, 6) is -0.688. The van der Waals surface area contributed by atoms with Crippen molar-refractivity contribution in [2.45, 2.75) is 12.8 Å². The molecule has 1 N–H and O–H groups in total. The van der Waals surface area contributed by atoms with Crippen LogP contribution in [0.2, 0.25) is 0 Å². The maximum absolute atomic E-state index is 11.9. The van der Waals surface area contributed by atoms with Crippen LogP contribution in [0.5, 0.6) is 0 Å². The fourth-order valence-electron chi connectivity index (χ4n) is 1.72. The first kappa shape index (κ1) is 11.3. The highest BCUT2D eigenvalue weighted by Crippen LogP contribution is 2.48. The van der Waals surface area contributed by atoms with Crippen LogP contribution in [0, 0.1) is 5.41 Å². The number of rotatable bonds is 3. The number of carbonyl (C=O) groups excluding carboxylic acids is 3. The minimum absolute atomic E-state index is 0.100. The van der Waals surface area contributed by atoms with Crippen LogP contribution in [0.4, 0.5) is 4.79 Å². The molecule has 1 atom stereocenters. The Morgan fingerprint density at radius 1 is 1.38 bits per heavy atom. The predicted molar refractivity (Wildman–Crippen MR) is 55.9 cm³/mol. The first-order valence-corrected chi connectivity index (χ1v) is 6.67. The Hall–Kier alpha value is -1.24. The van der Waals surface area contributed by atoms with Crippen LogP contribution in [0.15, 0.2) is 0 Å². The molecule has 0 aromatic heterocycles. The Morgan fingerprint density at radius 2 is 2.00 bits per heavy atom. The van der Waals surface area contributed by atoms with Crippen LogP contribution in [-0.4, -0.2) is 45.5 Å². The van der Waals surface area contributed by atoms with Gasteiger partial charge in [0.05, 0.1) is 0 Å². The van der Waals surface area contributed by atoms with E-state index in [0.717, 1.165) is 4.90 Å². The third-order valence-corrected chi connectivity index (χ3v) is 3.66. The van der Waals surface area contributed by atoms with Crippen molar-refractivity contribution in [3.8, 4) is 0 Å². The summed E-state index contributed by atoms with van der Waals surface area (Å²) < 4.78 is 10.9. The van der Waals surface area contributed by atoms with Crippen molar-refractivity contribution in [3.05, 3.63) is 0 Å². The first-order chi connectivity index (χ1) is 7.47. The molecule has 1 spiro atoms. The van der Waals surface area contributed by atoms with Gasteiger partial charge in [-0.05, 0) is 12.8 Å². The lowest BCUT2D eigenvalue weighted by molar-refractivity contribution is -0.144. The second kappa shape index (κ2) is 3.65. The average molecular weight is 244 g/mol. The number of carbonyl (C=O) groups is 3. The molecular formula is C9H12N2O4S. The van der Waals surface area contributed by atoms with Crippen molar-refractivity contribution in [3.63, 3.8) is 0 Å². The summed E-state index contributed by atoms with van der Waals surface area (Å²) in [6, 6.07) is -0.696. The summed E-state index contributed by atoms with van der Waals surface area (Å²) >= 11 is 0. The first-order valence-electron chi connectivity index (χ1n) is 4.95. The molecule has 0 bridgehead atoms. The number of nitrogens with one attached hydrogen (secondary N) is 1. The van der Waals surface area contributed by atoms with E-state index in [9.17, 15) is 18.6 Å². The van der Waals surface area contributed by atoms with Crippen LogP contribution >= 0.6 is 0 Å². The highest BCUT2D eigenvalue weighted by molar-refractivity contribution is 7.84. The van der Waals surface area contributed by atoms with Gasteiger partial charge in [0.25, 0.3) is 0 Å². The molecule has 6 nitrogen and oxygen atoms in total. The second-order valence-electron chi connectivity index (χ2n) is 4.08. The van der Waals surface area contributed by atoms with E-state index in [0.29, 0.717) is 12.8 Å². The molecule has 1 aliphatic carbocycles. The summed E-state index contributed by atoms with van der Waals surface area (Å²) in [6.45, 7) is 0.100. The monoisotopic (exact) mass is 244 g/mol. The van der Waals surface area contributed by atoms with Gasteiger partial charge in [0.2, 0.25) is 11.8 Å². The number of urea groups is 1. The molecule has 0 aromatic carbocycles. The highest BCUT2D eigenvalue weighted by atomic mass is 32.2. The third kappa shape index (κ3) is 1.64. The maximum Gasteiger partial charge on any atom is 0.330 e. The topological polar surface area (TPSA) is 83.6 Å². The minimum Gasteiger partial charge on any atom is -0.277 e. The van der Waals surface area contributed by atoms with E-state index in [4.69, 9.17) is 0 Å². The number of barbiturate groups is 1. The Balaban J connectivity index is 2.12. The lowest BCUT2D eigenvalue weighted by atomic mass is 10.0. The van der Waals surface area contributed by atoms with Gasteiger partial charge in [-0.25, -0.2) is 4.79 Å². The van der Waals surface area contributed by atoms with E-state index >= 15 is 0 Å². The van der Waals surface area contributed by atoms with Crippen molar-refractivity contribution in [1.82, 2.24) is 10.2 Å². The molecule has 0 radical (unpaired) electrons. The molecule has 16 heavy (non-hydrogen) atoms. The standard InChI is InChI=1S/C9H12N2O4S/c1-16(15)5-4-11-7(13)9(2-3-9)6(12)10-8(11)14/h2-5H2,1H3,(H,10,12,14). The fourth-order valence-corrected chi connectivity index (χ4v) is 2.16. The largest absolute Gasteiger partial charge is 0.330 e. The van der Waals surface area contributed by atoms with Gasteiger partial charge < -0.3 is 0 Å². The normalized spacial score (nSPS) is 24.6. The summed E-state index contributed by atoms with van der Waals surface area (Å²) in [6.07, 6.45) is 2.50. The van der Waals surface area contributed by atoms with Gasteiger partial charge in [-0.15, -0.1) is 0 Å². The van der Waals surface area contributed by atoms with Crippen LogP contribution in [-0.2, 0) is 20.4 Å². The second-order valence-corrected chi connectivity index (χ2v) is 5.63. The molecule has 1 aliphatic heterocycles. The lowest BCUT2D eigenvalue weighted by Crippen LogP contribution is -2.59. The maximum atomic E-state index is 11.9. The van der Waals surface area contributed by atoms with Gasteiger partial charge >= 0.3 is 6.03 Å². The van der Waals surface area contributed by atoms with Crippen molar-refractivity contribution in [2.24, 2.45) is 5.41 Å². The number of nitrogens with zero attached hydrogens (tertiary/aromatic N) is 1. The van der Waals surface area contributed by atoms with Crippen LogP contribution < -0.4 is 5.32 Å². The molecule has 0 aromatic rings. The van der Waals surface area contributed by atoms with Gasteiger partial charge in [-0.2, -0.15) is 0 Å². The van der Waals surface area contributed by atoms with Crippen molar-refractivity contribution < 1.29 is 18.6 Å². The van der Waals surface area contributed by atoms with Gasteiger partial charge in [0.15, 0.2) is 0 Å². The Kier molecular flexibility index (Phi) is 2.57. The van der Waals surface area contributed by atoms with Crippen LogP contribution in [0.1, 0.15) is 12.8 Å². The molecule has 2 aliphatic rings. The molecule has 2 fully saturated rings. The Labute approximate surface area is 94.8 Å². The number of hydrogen-bond donors (Lipinski definition) is 1.